The molecule has 2 nitrogen and oxygen atoms in total. The summed E-state index contributed by atoms with van der Waals surface area (Å²) in [6, 6.07) is 120. The topological polar surface area (TPSA) is 37.3 Å². The van der Waals surface area contributed by atoms with Crippen molar-refractivity contribution in [2.75, 3.05) is 0 Å². The minimum atomic E-state index is -1.09. The normalized spacial score (nSPS) is 14.0. The molecule has 556 valence electrons. The first-order valence-electron chi connectivity index (χ1n) is 34.0. The second-order valence-corrected chi connectivity index (χ2v) is 28.8. The van der Waals surface area contributed by atoms with Gasteiger partial charge in [-0.15, -0.1) is 11.6 Å². The Morgan fingerprint density at radius 3 is 1.29 bits per heavy atom. The number of ketones is 1. The summed E-state index contributed by atoms with van der Waals surface area (Å²) in [6.45, 7) is 7.54. The van der Waals surface area contributed by atoms with E-state index in [1.807, 2.05) is 170 Å². The first-order valence-corrected chi connectivity index (χ1v) is 38.1. The molecule has 0 saturated carbocycles. The third-order valence-corrected chi connectivity index (χ3v) is 21.2. The second-order valence-electron chi connectivity index (χ2n) is 24.8. The largest absolute Gasteiger partial charge is 2.00 e. The van der Waals surface area contributed by atoms with Gasteiger partial charge in [-0.2, -0.15) is 36.4 Å². The van der Waals surface area contributed by atoms with Crippen LogP contribution in [0, 0.1) is 6.07 Å². The smallest absolute Gasteiger partial charge is 1.00 e. The van der Waals surface area contributed by atoms with Gasteiger partial charge in [0, 0.05) is 79.4 Å². The molecule has 0 spiro atoms. The summed E-state index contributed by atoms with van der Waals surface area (Å²) < 4.78 is 61.6. The quantitative estimate of drug-likeness (QED) is 0.0541. The molecule has 0 amide bonds. The number of fused-ring (bicyclic) bond motifs is 12. The molecule has 1 N–H and O–H groups in total. The Hall–Kier alpha value is -8.41. The average Bonchev–Trinajstić information content (AvgIpc) is 1.55. The Kier molecular flexibility index (Phi) is 36.2. The minimum Gasteiger partial charge on any atom is -1.00 e. The molecule has 4 aliphatic carbocycles. The molecular weight excluding hydrogens is 1780 g/mol. The number of alkyl halides is 1. The summed E-state index contributed by atoms with van der Waals surface area (Å²) in [7, 11) is 0.917. The number of aliphatic hydroxyl groups is 1. The Morgan fingerprint density at radius 2 is 0.766 bits per heavy atom. The monoisotopic (exact) mass is 1850 g/mol. The second kappa shape index (κ2) is 44.7. The summed E-state index contributed by atoms with van der Waals surface area (Å²) in [4.78, 5) is 12.0. The van der Waals surface area contributed by atoms with Crippen LogP contribution >= 0.6 is 84.9 Å². The van der Waals surface area contributed by atoms with Crippen LogP contribution in [0.2, 0.25) is 0 Å². The fourth-order valence-electron chi connectivity index (χ4n) is 14.2. The molecule has 17 heteroatoms. The van der Waals surface area contributed by atoms with E-state index in [9.17, 15) is 14.1 Å². The van der Waals surface area contributed by atoms with Crippen molar-refractivity contribution in [1.29, 1.82) is 0 Å². The first-order chi connectivity index (χ1) is 53.4. The van der Waals surface area contributed by atoms with Crippen LogP contribution in [-0.2, 0) is 23.3 Å². The van der Waals surface area contributed by atoms with Crippen molar-refractivity contribution in [2.45, 2.75) is 29.2 Å². The number of carbonyl (C=O) groups excluding carboxylic acids is 1. The van der Waals surface area contributed by atoms with Gasteiger partial charge in [-0.1, -0.05) is 350 Å². The number of halogens is 13. The van der Waals surface area contributed by atoms with Gasteiger partial charge in [-0.3, -0.25) is 4.79 Å². The summed E-state index contributed by atoms with van der Waals surface area (Å²) in [5, 5.41) is 11.6. The fourth-order valence-corrected chi connectivity index (χ4v) is 15.9. The predicted molar refractivity (Wildman–Crippen MR) is 459 cm³/mol. The van der Waals surface area contributed by atoms with Gasteiger partial charge in [-0.25, -0.2) is 4.20 Å². The van der Waals surface area contributed by atoms with Crippen molar-refractivity contribution in [2.24, 2.45) is 0 Å². The maximum atomic E-state index is 12.0. The number of hydrogen-bond acceptors (Lipinski definition) is 2. The molecule has 14 aromatic rings. The first kappa shape index (κ1) is 89.8. The van der Waals surface area contributed by atoms with Gasteiger partial charge >= 0.3 is 23.1 Å². The van der Waals surface area contributed by atoms with E-state index in [1.54, 1.807) is 0 Å². The van der Waals surface area contributed by atoms with Crippen LogP contribution in [0.25, 0.3) is 56.7 Å². The Bertz CT molecular complexity index is 5290. The molecule has 0 bridgehead atoms. The van der Waals surface area contributed by atoms with Crippen molar-refractivity contribution in [3.05, 3.63) is 460 Å². The van der Waals surface area contributed by atoms with Gasteiger partial charge in [0.25, 0.3) is 0 Å². The molecule has 0 aromatic heterocycles. The molecule has 14 aromatic carbocycles. The van der Waals surface area contributed by atoms with E-state index in [1.165, 1.54) is 61.2 Å². The van der Waals surface area contributed by atoms with E-state index in [-0.39, 0.29) is 51.2 Å². The molecule has 4 aliphatic rings. The zero-order chi connectivity index (χ0) is 77.9. The summed E-state index contributed by atoms with van der Waals surface area (Å²) in [5.41, 5.74) is 25.8. The van der Waals surface area contributed by atoms with Crippen LogP contribution in [0.3, 0.4) is 0 Å². The SMILES string of the molecule is Brc1ccc2c(c1)C(c1ccccc1)c1ccccc1-2.C=Cc1ccc(CC2(c3ccccc3)c3ccccc3-c3ccc(Br)cc32)cc1.C=Cc1ccc(CCl)cc1.FF.FF.FF.FP.O=C1c2ccccc2-c2ccc(Br)cc21.OC1(c2ccccc2)c2ccccc2-c2ccc(Br)cc21.[Br-].[Mg+2].[c-]1ccccc1. The van der Waals surface area contributed by atoms with Gasteiger partial charge in [0.1, 0.15) is 5.60 Å². The van der Waals surface area contributed by atoms with E-state index < -0.39 is 5.60 Å². The van der Waals surface area contributed by atoms with Gasteiger partial charge in [0.15, 0.2) is 5.78 Å². The number of hydrogen-bond donors (Lipinski definition) is 1. The molecule has 18 rings (SSSR count). The van der Waals surface area contributed by atoms with Crippen LogP contribution in [0.4, 0.5) is 31.6 Å². The van der Waals surface area contributed by atoms with Crippen LogP contribution in [0.5, 0.6) is 0 Å². The van der Waals surface area contributed by atoms with Crippen LogP contribution in [-0.4, -0.2) is 33.9 Å². The van der Waals surface area contributed by atoms with E-state index in [2.05, 4.69) is 265 Å². The summed E-state index contributed by atoms with van der Waals surface area (Å²) in [5.74, 6) is 1.05. The number of carbonyl (C=O) groups is 1. The zero-order valence-electron chi connectivity index (χ0n) is 59.4. The predicted octanol–water partition coefficient (Wildman–Crippen LogP) is 26.1. The van der Waals surface area contributed by atoms with E-state index in [4.69, 9.17) is 39.0 Å². The molecule has 0 radical (unpaired) electrons. The standard InChI is InChI=1S/C28H21Br.C19H13BrO.C19H13Br.C13H7BrO.C9H9Cl.C6H5.BrH.3F2.FH2P.Mg/c1-2-20-12-14-21(15-13-20)19-28(22-8-4-3-5-9-22)26-11-7-6-10-24(26)25-17-16-23(29)18-27(25)28;20-14-10-11-16-15-8-4-5-9-17(15)19(21,18(16)12-14)13-6-2-1-3-7-13;20-14-10-11-16-15-8-4-5-9-17(15)19(18(16)12-14)13-6-2-1-3-7-13;14-8-5-6-10-9-3-1-2-4-11(9)13(15)12(10)7-8;1-2-8-3-5-9(7-10)6-4-8;1-2-4-6-5-3-1;;4*1-2;/h2-18H,1,19H2;1-12,21H;1-12,19H;1-7H;2-6H,1,7H2;1-5H;1H;;;;2H2;/q;;;;;-1;;;;;;+2/p-1. The fraction of sp³-hybridized carbons (Fsp3) is 0.0532. The molecule has 0 fully saturated rings. The van der Waals surface area contributed by atoms with Gasteiger partial charge in [-0.05, 0) is 161 Å². The van der Waals surface area contributed by atoms with E-state index in [0.717, 1.165) is 101 Å². The number of benzene rings is 14. The molecular formula is C94H70Br5ClF7MgO2P. The third-order valence-electron chi connectivity index (χ3n) is 18.9. The summed E-state index contributed by atoms with van der Waals surface area (Å²) >= 11 is 19.8. The molecule has 0 aliphatic heterocycles. The number of rotatable bonds is 8. The van der Waals surface area contributed by atoms with Crippen molar-refractivity contribution in [3.8, 4) is 44.5 Å². The maximum absolute atomic E-state index is 12.0. The third kappa shape index (κ3) is 20.7. The van der Waals surface area contributed by atoms with Crippen molar-refractivity contribution >= 4 is 126 Å². The van der Waals surface area contributed by atoms with Crippen LogP contribution in [0.15, 0.2) is 371 Å². The average molecular weight is 1850 g/mol. The van der Waals surface area contributed by atoms with E-state index in [0.29, 0.717) is 11.8 Å². The van der Waals surface area contributed by atoms with Crippen molar-refractivity contribution in [3.63, 3.8) is 0 Å². The van der Waals surface area contributed by atoms with Crippen LogP contribution < -0.4 is 17.0 Å². The van der Waals surface area contributed by atoms with Gasteiger partial charge in [0.05, 0.1) is 15.0 Å². The Morgan fingerprint density at radius 1 is 0.387 bits per heavy atom. The summed E-state index contributed by atoms with van der Waals surface area (Å²) in [6.07, 6.45) is 4.63. The molecule has 0 saturated heterocycles. The molecule has 111 heavy (non-hydrogen) atoms. The van der Waals surface area contributed by atoms with Gasteiger partial charge < -0.3 is 22.1 Å². The Labute approximate surface area is 711 Å². The maximum Gasteiger partial charge on any atom is 2.00 e. The Balaban J connectivity index is 0.000000189. The molecule has 4 atom stereocenters. The minimum absolute atomic E-state index is 0. The zero-order valence-corrected chi connectivity index (χ0v) is 70.7. The van der Waals surface area contributed by atoms with Crippen molar-refractivity contribution < 1.29 is 58.5 Å². The van der Waals surface area contributed by atoms with E-state index >= 15 is 0 Å². The van der Waals surface area contributed by atoms with Crippen LogP contribution in [0.1, 0.15) is 94.2 Å². The molecule has 0 heterocycles. The molecule has 4 unspecified atom stereocenters. The van der Waals surface area contributed by atoms with Crippen molar-refractivity contribution in [1.82, 2.24) is 0 Å². The van der Waals surface area contributed by atoms with Gasteiger partial charge in [0.2, 0.25) is 0 Å².